The summed E-state index contributed by atoms with van der Waals surface area (Å²) in [6, 6.07) is 9.50. The molecule has 1 unspecified atom stereocenters. The number of hydrogen-bond donors (Lipinski definition) is 3. The van der Waals surface area contributed by atoms with Gasteiger partial charge in [0.2, 0.25) is 11.8 Å². The highest BCUT2D eigenvalue weighted by Crippen LogP contribution is 2.09. The zero-order valence-electron chi connectivity index (χ0n) is 11.6. The molecule has 0 spiro atoms. The number of rotatable bonds is 9. The number of amides is 2. The molecule has 0 aliphatic heterocycles. The molecule has 0 aliphatic rings. The van der Waals surface area contributed by atoms with E-state index in [1.54, 1.807) is 0 Å². The fraction of sp³-hybridized carbons (Fsp3) is 0.357. The highest BCUT2D eigenvalue weighted by Gasteiger charge is 2.21. The lowest BCUT2D eigenvalue weighted by atomic mass is 9.98. The molecule has 21 heavy (non-hydrogen) atoms. The second-order valence-corrected chi connectivity index (χ2v) is 4.93. The molecular formula is C14H19N3O3S. The molecule has 0 aromatic heterocycles. The quantitative estimate of drug-likeness (QED) is 0.431. The van der Waals surface area contributed by atoms with Crippen molar-refractivity contribution < 1.29 is 14.3 Å². The summed E-state index contributed by atoms with van der Waals surface area (Å²) in [5, 5.41) is 2.67. The summed E-state index contributed by atoms with van der Waals surface area (Å²) in [6.45, 7) is 0.294. The minimum Gasteiger partial charge on any atom is -0.393 e. The Kier molecular flexibility index (Phi) is 7.34. The van der Waals surface area contributed by atoms with Crippen LogP contribution in [0.2, 0.25) is 0 Å². The monoisotopic (exact) mass is 309 g/mol. The van der Waals surface area contributed by atoms with Crippen LogP contribution < -0.4 is 16.8 Å². The Morgan fingerprint density at radius 2 is 1.90 bits per heavy atom. The van der Waals surface area contributed by atoms with E-state index in [0.29, 0.717) is 6.42 Å². The fourth-order valence-electron chi connectivity index (χ4n) is 1.71. The molecule has 1 aromatic rings. The Morgan fingerprint density at radius 1 is 1.24 bits per heavy atom. The van der Waals surface area contributed by atoms with Crippen LogP contribution in [0.3, 0.4) is 0 Å². The normalized spacial score (nSPS) is 11.6. The van der Waals surface area contributed by atoms with Crippen molar-refractivity contribution in [2.45, 2.75) is 6.42 Å². The molecule has 0 aliphatic carbocycles. The lowest BCUT2D eigenvalue weighted by molar-refractivity contribution is -0.123. The van der Waals surface area contributed by atoms with E-state index in [4.69, 9.17) is 28.4 Å². The first-order valence-corrected chi connectivity index (χ1v) is 6.88. The standard InChI is InChI=1S/C14H19N3O3S/c15-12(18)9-20-7-6-17-14(19)11(13(16)21)8-10-4-2-1-3-5-10/h1-5,11H,6-9H2,(H2,15,18)(H2,16,21)(H,17,19). The van der Waals surface area contributed by atoms with Crippen LogP contribution in [0.1, 0.15) is 5.56 Å². The second-order valence-electron chi connectivity index (χ2n) is 4.45. The first-order chi connectivity index (χ1) is 10.0. The van der Waals surface area contributed by atoms with Gasteiger partial charge in [-0.05, 0) is 12.0 Å². The van der Waals surface area contributed by atoms with Crippen LogP contribution in [0.15, 0.2) is 30.3 Å². The Hall–Kier alpha value is -1.99. The topological polar surface area (TPSA) is 107 Å². The number of nitrogens with one attached hydrogen (secondary N) is 1. The Balaban J connectivity index is 2.43. The molecule has 0 bridgehead atoms. The average Bonchev–Trinajstić information content (AvgIpc) is 2.44. The van der Waals surface area contributed by atoms with Gasteiger partial charge >= 0.3 is 0 Å². The first-order valence-electron chi connectivity index (χ1n) is 6.47. The van der Waals surface area contributed by atoms with Gasteiger partial charge in [0.25, 0.3) is 0 Å². The fourth-order valence-corrected chi connectivity index (χ4v) is 1.91. The van der Waals surface area contributed by atoms with E-state index in [9.17, 15) is 9.59 Å². The van der Waals surface area contributed by atoms with E-state index in [2.05, 4.69) is 5.32 Å². The Morgan fingerprint density at radius 3 is 2.48 bits per heavy atom. The van der Waals surface area contributed by atoms with Gasteiger partial charge in [-0.3, -0.25) is 9.59 Å². The predicted octanol–water partition coefficient (Wildman–Crippen LogP) is -0.250. The lowest BCUT2D eigenvalue weighted by Gasteiger charge is -2.15. The van der Waals surface area contributed by atoms with Gasteiger partial charge < -0.3 is 21.5 Å². The summed E-state index contributed by atoms with van der Waals surface area (Å²) in [5.74, 6) is -1.38. The summed E-state index contributed by atoms with van der Waals surface area (Å²) in [5.41, 5.74) is 11.5. The van der Waals surface area contributed by atoms with Crippen molar-refractivity contribution >= 4 is 29.0 Å². The predicted molar refractivity (Wildman–Crippen MR) is 83.4 cm³/mol. The molecule has 5 N–H and O–H groups in total. The molecule has 0 saturated carbocycles. The van der Waals surface area contributed by atoms with Gasteiger partial charge in [-0.25, -0.2) is 0 Å². The van der Waals surface area contributed by atoms with Crippen molar-refractivity contribution in [2.75, 3.05) is 19.8 Å². The molecule has 6 nitrogen and oxygen atoms in total. The van der Waals surface area contributed by atoms with Gasteiger partial charge in [0.05, 0.1) is 17.5 Å². The van der Waals surface area contributed by atoms with Gasteiger partial charge in [-0.1, -0.05) is 42.5 Å². The number of ether oxygens (including phenoxy) is 1. The van der Waals surface area contributed by atoms with Gasteiger partial charge in [-0.2, -0.15) is 0 Å². The van der Waals surface area contributed by atoms with Gasteiger partial charge in [0, 0.05) is 6.54 Å². The maximum absolute atomic E-state index is 12.1. The molecule has 0 saturated heterocycles. The van der Waals surface area contributed by atoms with Gasteiger partial charge in [-0.15, -0.1) is 0 Å². The maximum atomic E-state index is 12.1. The van der Waals surface area contributed by atoms with Crippen molar-refractivity contribution in [1.82, 2.24) is 5.32 Å². The van der Waals surface area contributed by atoms with E-state index in [-0.39, 0.29) is 30.7 Å². The van der Waals surface area contributed by atoms with Crippen LogP contribution in [0.5, 0.6) is 0 Å². The van der Waals surface area contributed by atoms with Gasteiger partial charge in [0.15, 0.2) is 0 Å². The first kappa shape index (κ1) is 17.1. The zero-order chi connectivity index (χ0) is 15.7. The molecule has 1 aromatic carbocycles. The number of hydrogen-bond acceptors (Lipinski definition) is 4. The van der Waals surface area contributed by atoms with Crippen molar-refractivity contribution in [1.29, 1.82) is 0 Å². The molecule has 1 rings (SSSR count). The van der Waals surface area contributed by atoms with E-state index >= 15 is 0 Å². The minimum absolute atomic E-state index is 0.148. The number of carbonyl (C=O) groups is 2. The highest BCUT2D eigenvalue weighted by atomic mass is 32.1. The summed E-state index contributed by atoms with van der Waals surface area (Å²) < 4.78 is 4.95. The maximum Gasteiger partial charge on any atom is 0.243 e. The van der Waals surface area contributed by atoms with Crippen molar-refractivity contribution in [3.63, 3.8) is 0 Å². The zero-order valence-corrected chi connectivity index (χ0v) is 12.4. The molecule has 0 heterocycles. The summed E-state index contributed by atoms with van der Waals surface area (Å²) in [4.78, 5) is 22.7. The largest absolute Gasteiger partial charge is 0.393 e. The molecule has 2 amide bonds. The number of carbonyl (C=O) groups excluding carboxylic acids is 2. The van der Waals surface area contributed by atoms with E-state index in [0.717, 1.165) is 5.56 Å². The third-order valence-corrected chi connectivity index (χ3v) is 3.02. The number of primary amides is 1. The van der Waals surface area contributed by atoms with Crippen LogP contribution in [0.25, 0.3) is 0 Å². The molecule has 7 heteroatoms. The van der Waals surface area contributed by atoms with Crippen molar-refractivity contribution in [2.24, 2.45) is 17.4 Å². The van der Waals surface area contributed by atoms with Crippen molar-refractivity contribution in [3.8, 4) is 0 Å². The minimum atomic E-state index is -0.571. The van der Waals surface area contributed by atoms with Crippen LogP contribution in [-0.4, -0.2) is 36.6 Å². The summed E-state index contributed by atoms with van der Waals surface area (Å²) in [7, 11) is 0. The van der Waals surface area contributed by atoms with E-state index in [1.165, 1.54) is 0 Å². The molecule has 114 valence electrons. The number of benzene rings is 1. The average molecular weight is 309 g/mol. The van der Waals surface area contributed by atoms with Crippen molar-refractivity contribution in [3.05, 3.63) is 35.9 Å². The second kappa shape index (κ2) is 9.04. The van der Waals surface area contributed by atoms with Gasteiger partial charge in [0.1, 0.15) is 6.61 Å². The smallest absolute Gasteiger partial charge is 0.243 e. The Bertz CT molecular complexity index is 493. The third kappa shape index (κ3) is 6.82. The molecule has 0 radical (unpaired) electrons. The molecule has 1 atom stereocenters. The number of nitrogens with two attached hydrogens (primary N) is 2. The summed E-state index contributed by atoms with van der Waals surface area (Å²) in [6.07, 6.45) is 0.449. The SMILES string of the molecule is NC(=O)COCCNC(=O)C(Cc1ccccc1)C(N)=S. The number of thiocarbonyl (C=S) groups is 1. The van der Waals surface area contributed by atoms with Crippen LogP contribution >= 0.6 is 12.2 Å². The molecular weight excluding hydrogens is 290 g/mol. The highest BCUT2D eigenvalue weighted by molar-refractivity contribution is 7.80. The van der Waals surface area contributed by atoms with Crippen LogP contribution in [0.4, 0.5) is 0 Å². The Labute approximate surface area is 128 Å². The van der Waals surface area contributed by atoms with E-state index in [1.807, 2.05) is 30.3 Å². The summed E-state index contributed by atoms with van der Waals surface area (Å²) >= 11 is 4.95. The van der Waals surface area contributed by atoms with Crippen LogP contribution in [-0.2, 0) is 20.7 Å². The molecule has 0 fully saturated rings. The van der Waals surface area contributed by atoms with Crippen LogP contribution in [0, 0.1) is 5.92 Å². The van der Waals surface area contributed by atoms with E-state index < -0.39 is 11.8 Å². The third-order valence-electron chi connectivity index (χ3n) is 2.73. The lowest BCUT2D eigenvalue weighted by Crippen LogP contribution is -2.40.